The molecule has 9 heavy (non-hydrogen) atoms. The molecule has 0 aliphatic heterocycles. The van der Waals surface area contributed by atoms with Crippen molar-refractivity contribution >= 4 is 17.1 Å². The molecule has 0 saturated carbocycles. The first-order valence-electron chi connectivity index (χ1n) is 2.60. The largest absolute Gasteiger partial charge is 0.299 e. The van der Waals surface area contributed by atoms with Gasteiger partial charge in [0, 0.05) is 18.2 Å². The van der Waals surface area contributed by atoms with E-state index in [-0.39, 0.29) is 5.78 Å². The Hall–Kier alpha value is -0.630. The molecule has 0 bridgehead atoms. The van der Waals surface area contributed by atoms with Gasteiger partial charge >= 0.3 is 0 Å². The van der Waals surface area contributed by atoms with Crippen LogP contribution < -0.4 is 0 Å². The zero-order valence-corrected chi connectivity index (χ0v) is 5.65. The molecule has 1 rings (SSSR count). The van der Waals surface area contributed by atoms with Gasteiger partial charge in [0.05, 0.1) is 0 Å². The molecular weight excluding hydrogens is 132 g/mol. The summed E-state index contributed by atoms with van der Waals surface area (Å²) in [6, 6.07) is 3.80. The highest BCUT2D eigenvalue weighted by Gasteiger charge is 1.95. The predicted octanol–water partition coefficient (Wildman–Crippen LogP) is 1.57. The fourth-order valence-corrected chi connectivity index (χ4v) is 1.30. The standard InChI is InChI=1S/C7H6OS/c1-6(8)5-7-3-2-4-9-7/h1-4H,5H2. The first kappa shape index (κ1) is 6.49. The maximum atomic E-state index is 10.3. The van der Waals surface area contributed by atoms with Gasteiger partial charge in [-0.05, 0) is 11.4 Å². The molecule has 0 saturated heterocycles. The van der Waals surface area contributed by atoms with Crippen molar-refractivity contribution in [2.75, 3.05) is 0 Å². The molecule has 0 fully saturated rings. The summed E-state index contributed by atoms with van der Waals surface area (Å²) in [6.07, 6.45) is 0.373. The van der Waals surface area contributed by atoms with Crippen molar-refractivity contribution in [1.82, 2.24) is 0 Å². The summed E-state index contributed by atoms with van der Waals surface area (Å²) in [6.45, 7) is 4.95. The van der Waals surface area contributed by atoms with Crippen molar-refractivity contribution in [1.29, 1.82) is 0 Å². The first-order chi connectivity index (χ1) is 4.29. The third kappa shape index (κ3) is 1.98. The number of carbonyl (C=O) groups excluding carboxylic acids is 1. The van der Waals surface area contributed by atoms with Crippen molar-refractivity contribution in [2.24, 2.45) is 0 Å². The summed E-state index contributed by atoms with van der Waals surface area (Å²) in [7, 11) is 0. The highest BCUT2D eigenvalue weighted by atomic mass is 32.1. The van der Waals surface area contributed by atoms with Gasteiger partial charge in [-0.15, -0.1) is 11.3 Å². The van der Waals surface area contributed by atoms with Gasteiger partial charge in [0.2, 0.25) is 0 Å². The van der Waals surface area contributed by atoms with Crippen LogP contribution in [0.3, 0.4) is 0 Å². The van der Waals surface area contributed by atoms with E-state index in [1.165, 1.54) is 0 Å². The summed E-state index contributed by atoms with van der Waals surface area (Å²) in [5.41, 5.74) is 0. The molecule has 0 aliphatic carbocycles. The number of hydrogen-bond acceptors (Lipinski definition) is 2. The maximum absolute atomic E-state index is 10.3. The second-order valence-corrected chi connectivity index (χ2v) is 2.75. The zero-order chi connectivity index (χ0) is 6.69. The Balaban J connectivity index is 2.58. The number of hydrogen-bond donors (Lipinski definition) is 0. The summed E-state index contributed by atoms with van der Waals surface area (Å²) >= 11 is 1.55. The molecule has 2 radical (unpaired) electrons. The van der Waals surface area contributed by atoms with E-state index in [2.05, 4.69) is 0 Å². The van der Waals surface area contributed by atoms with E-state index >= 15 is 0 Å². The number of rotatable bonds is 2. The van der Waals surface area contributed by atoms with Crippen molar-refractivity contribution in [3.63, 3.8) is 0 Å². The SMILES string of the molecule is [CH]C(=O)Cc1cccs1. The molecule has 0 atom stereocenters. The number of carbonyl (C=O) groups is 1. The van der Waals surface area contributed by atoms with Gasteiger partial charge in [-0.2, -0.15) is 0 Å². The van der Waals surface area contributed by atoms with Crippen molar-refractivity contribution in [3.05, 3.63) is 29.3 Å². The lowest BCUT2D eigenvalue weighted by Crippen LogP contribution is -1.92. The van der Waals surface area contributed by atoms with Crippen LogP contribution in [0.4, 0.5) is 0 Å². The summed E-state index contributed by atoms with van der Waals surface area (Å²) < 4.78 is 0. The fourth-order valence-electron chi connectivity index (χ4n) is 0.585. The van der Waals surface area contributed by atoms with Gasteiger partial charge in [0.25, 0.3) is 0 Å². The van der Waals surface area contributed by atoms with Gasteiger partial charge in [0.1, 0.15) is 5.78 Å². The van der Waals surface area contributed by atoms with Crippen LogP contribution in [0, 0.1) is 6.92 Å². The molecule has 46 valence electrons. The lowest BCUT2D eigenvalue weighted by Gasteiger charge is -1.85. The van der Waals surface area contributed by atoms with Crippen LogP contribution in [-0.4, -0.2) is 5.78 Å². The molecular formula is C7H6OS. The maximum Gasteiger partial charge on any atom is 0.142 e. The van der Waals surface area contributed by atoms with Crippen LogP contribution in [0.5, 0.6) is 0 Å². The molecule has 0 spiro atoms. The third-order valence-corrected chi connectivity index (χ3v) is 1.80. The smallest absolute Gasteiger partial charge is 0.142 e. The van der Waals surface area contributed by atoms with Crippen molar-refractivity contribution in [2.45, 2.75) is 6.42 Å². The fraction of sp³-hybridized carbons (Fsp3) is 0.143. The van der Waals surface area contributed by atoms with Crippen LogP contribution in [0.25, 0.3) is 0 Å². The van der Waals surface area contributed by atoms with Gasteiger partial charge in [-0.1, -0.05) is 6.07 Å². The molecule has 2 heteroatoms. The molecule has 0 N–H and O–H groups in total. The predicted molar refractivity (Wildman–Crippen MR) is 37.3 cm³/mol. The molecule has 0 unspecified atom stereocenters. The average molecular weight is 138 g/mol. The summed E-state index contributed by atoms with van der Waals surface area (Å²) in [5.74, 6) is -0.266. The Morgan fingerprint density at radius 3 is 3.00 bits per heavy atom. The van der Waals surface area contributed by atoms with Crippen LogP contribution >= 0.6 is 11.3 Å². The van der Waals surface area contributed by atoms with Crippen molar-refractivity contribution < 1.29 is 4.79 Å². The third-order valence-electron chi connectivity index (χ3n) is 0.929. The molecule has 1 heterocycles. The van der Waals surface area contributed by atoms with Crippen LogP contribution in [-0.2, 0) is 11.2 Å². The highest BCUT2D eigenvalue weighted by molar-refractivity contribution is 7.10. The first-order valence-corrected chi connectivity index (χ1v) is 3.47. The van der Waals surface area contributed by atoms with E-state index in [1.807, 2.05) is 17.5 Å². The number of Topliss-reactive ketones (excluding diaryl/α,β-unsaturated/α-hetero) is 1. The van der Waals surface area contributed by atoms with Gasteiger partial charge in [0.15, 0.2) is 0 Å². The number of ketones is 1. The Kier molecular flexibility index (Phi) is 2.01. The minimum absolute atomic E-state index is 0.266. The Morgan fingerprint density at radius 2 is 2.56 bits per heavy atom. The normalized spacial score (nSPS) is 9.44. The number of thiophene rings is 1. The Morgan fingerprint density at radius 1 is 1.78 bits per heavy atom. The minimum Gasteiger partial charge on any atom is -0.299 e. The second kappa shape index (κ2) is 2.78. The lowest BCUT2D eigenvalue weighted by molar-refractivity contribution is -0.114. The molecule has 1 aromatic heterocycles. The highest BCUT2D eigenvalue weighted by Crippen LogP contribution is 2.08. The molecule has 0 amide bonds. The summed E-state index contributed by atoms with van der Waals surface area (Å²) in [5, 5.41) is 1.93. The van der Waals surface area contributed by atoms with E-state index in [1.54, 1.807) is 11.3 Å². The van der Waals surface area contributed by atoms with E-state index in [0.29, 0.717) is 6.42 Å². The molecule has 1 nitrogen and oxygen atoms in total. The van der Waals surface area contributed by atoms with Gasteiger partial charge in [-0.3, -0.25) is 4.79 Å². The van der Waals surface area contributed by atoms with Crippen LogP contribution in [0.2, 0.25) is 0 Å². The van der Waals surface area contributed by atoms with E-state index in [4.69, 9.17) is 6.92 Å². The topological polar surface area (TPSA) is 17.1 Å². The monoisotopic (exact) mass is 138 g/mol. The van der Waals surface area contributed by atoms with Gasteiger partial charge in [-0.25, -0.2) is 0 Å². The quantitative estimate of drug-likeness (QED) is 0.606. The lowest BCUT2D eigenvalue weighted by atomic mass is 10.3. The molecule has 1 aromatic rings. The van der Waals surface area contributed by atoms with Crippen LogP contribution in [0.1, 0.15) is 4.88 Å². The molecule has 0 aliphatic rings. The molecule has 0 aromatic carbocycles. The van der Waals surface area contributed by atoms with Crippen LogP contribution in [0.15, 0.2) is 17.5 Å². The Bertz CT molecular complexity index is 189. The van der Waals surface area contributed by atoms with E-state index in [0.717, 1.165) is 4.88 Å². The minimum atomic E-state index is -0.266. The summed E-state index contributed by atoms with van der Waals surface area (Å²) in [4.78, 5) is 11.3. The van der Waals surface area contributed by atoms with E-state index < -0.39 is 0 Å². The van der Waals surface area contributed by atoms with Gasteiger partial charge < -0.3 is 0 Å². The van der Waals surface area contributed by atoms with Crippen molar-refractivity contribution in [3.8, 4) is 0 Å². The van der Waals surface area contributed by atoms with E-state index in [9.17, 15) is 4.79 Å². The average Bonchev–Trinajstić information content (AvgIpc) is 2.15. The second-order valence-electron chi connectivity index (χ2n) is 1.72. The zero-order valence-electron chi connectivity index (χ0n) is 4.83. The Labute approximate surface area is 58.3 Å².